The molecule has 0 bridgehead atoms. The van der Waals surface area contributed by atoms with Gasteiger partial charge in [-0.05, 0) is 37.5 Å². The lowest BCUT2D eigenvalue weighted by atomic mass is 10.1. The molecular weight excluding hydrogens is 216 g/mol. The van der Waals surface area contributed by atoms with Gasteiger partial charge in [0.15, 0.2) is 6.10 Å². The molecule has 0 radical (unpaired) electrons. The summed E-state index contributed by atoms with van der Waals surface area (Å²) in [5.41, 5.74) is 13.0. The number of ether oxygens (including phenoxy) is 1. The number of nitrogens with two attached hydrogens (primary N) is 2. The second-order valence-corrected chi connectivity index (χ2v) is 4.23. The third-order valence-electron chi connectivity index (χ3n) is 2.68. The molecule has 1 aromatic carbocycles. The number of rotatable bonds is 5. The maximum atomic E-state index is 11.1. The van der Waals surface area contributed by atoms with Crippen LogP contribution in [0.25, 0.3) is 0 Å². The summed E-state index contributed by atoms with van der Waals surface area (Å²) < 4.78 is 5.58. The van der Waals surface area contributed by atoms with E-state index in [1.807, 2.05) is 39.0 Å². The molecule has 0 saturated carbocycles. The molecule has 0 aliphatic carbocycles. The van der Waals surface area contributed by atoms with Crippen LogP contribution in [-0.2, 0) is 4.79 Å². The molecule has 4 nitrogen and oxygen atoms in total. The molecule has 1 amide bonds. The van der Waals surface area contributed by atoms with Crippen LogP contribution in [0, 0.1) is 6.92 Å². The van der Waals surface area contributed by atoms with Gasteiger partial charge in [-0.1, -0.05) is 19.1 Å². The summed E-state index contributed by atoms with van der Waals surface area (Å²) in [6, 6.07) is 5.69. The van der Waals surface area contributed by atoms with E-state index in [-0.39, 0.29) is 6.04 Å². The summed E-state index contributed by atoms with van der Waals surface area (Å²) in [6.07, 6.45) is -0.0149. The molecule has 1 aromatic rings. The van der Waals surface area contributed by atoms with E-state index in [1.54, 1.807) is 0 Å². The van der Waals surface area contributed by atoms with Crippen molar-refractivity contribution in [2.75, 3.05) is 0 Å². The average Bonchev–Trinajstić information content (AvgIpc) is 2.26. The zero-order chi connectivity index (χ0) is 13.0. The number of aryl methyl sites for hydroxylation is 1. The van der Waals surface area contributed by atoms with Gasteiger partial charge in [-0.15, -0.1) is 0 Å². The van der Waals surface area contributed by atoms with Gasteiger partial charge in [0, 0.05) is 6.04 Å². The van der Waals surface area contributed by atoms with E-state index < -0.39 is 12.0 Å². The van der Waals surface area contributed by atoms with Crippen LogP contribution < -0.4 is 16.2 Å². The Kier molecular flexibility index (Phi) is 4.52. The number of hydrogen-bond acceptors (Lipinski definition) is 3. The second kappa shape index (κ2) is 5.68. The van der Waals surface area contributed by atoms with Gasteiger partial charge in [0.1, 0.15) is 5.75 Å². The number of carbonyl (C=O) groups excluding carboxylic acids is 1. The van der Waals surface area contributed by atoms with Crippen LogP contribution in [0.1, 0.15) is 37.4 Å². The third kappa shape index (κ3) is 3.46. The van der Waals surface area contributed by atoms with E-state index in [0.717, 1.165) is 11.1 Å². The van der Waals surface area contributed by atoms with Crippen molar-refractivity contribution in [1.29, 1.82) is 0 Å². The first kappa shape index (κ1) is 13.5. The quantitative estimate of drug-likeness (QED) is 0.816. The molecule has 0 heterocycles. The van der Waals surface area contributed by atoms with Crippen LogP contribution in [-0.4, -0.2) is 12.0 Å². The Morgan fingerprint density at radius 2 is 2.12 bits per heavy atom. The van der Waals surface area contributed by atoms with E-state index in [0.29, 0.717) is 12.2 Å². The molecule has 2 unspecified atom stereocenters. The van der Waals surface area contributed by atoms with E-state index >= 15 is 0 Å². The van der Waals surface area contributed by atoms with Crippen molar-refractivity contribution in [3.05, 3.63) is 29.3 Å². The highest BCUT2D eigenvalue weighted by atomic mass is 16.5. The van der Waals surface area contributed by atoms with E-state index in [9.17, 15) is 4.79 Å². The highest BCUT2D eigenvalue weighted by molar-refractivity contribution is 5.79. The molecule has 0 saturated heterocycles. The van der Waals surface area contributed by atoms with E-state index in [2.05, 4.69) is 0 Å². The van der Waals surface area contributed by atoms with Crippen LogP contribution in [0.15, 0.2) is 18.2 Å². The monoisotopic (exact) mass is 236 g/mol. The molecule has 4 heteroatoms. The molecule has 17 heavy (non-hydrogen) atoms. The Balaban J connectivity index is 2.89. The first-order valence-electron chi connectivity index (χ1n) is 5.77. The Bertz CT molecular complexity index is 402. The third-order valence-corrected chi connectivity index (χ3v) is 2.68. The molecule has 0 spiro atoms. The van der Waals surface area contributed by atoms with Gasteiger partial charge >= 0.3 is 0 Å². The average molecular weight is 236 g/mol. The normalized spacial score (nSPS) is 14.1. The number of benzene rings is 1. The van der Waals surface area contributed by atoms with Crippen molar-refractivity contribution in [2.24, 2.45) is 11.5 Å². The molecule has 0 fully saturated rings. The Hall–Kier alpha value is -1.55. The fraction of sp³-hybridized carbons (Fsp3) is 0.462. The first-order chi connectivity index (χ1) is 7.95. The number of hydrogen-bond donors (Lipinski definition) is 2. The zero-order valence-corrected chi connectivity index (χ0v) is 10.6. The maximum Gasteiger partial charge on any atom is 0.258 e. The minimum Gasteiger partial charge on any atom is -0.480 e. The molecule has 2 atom stereocenters. The molecular formula is C13H20N2O2. The lowest BCUT2D eigenvalue weighted by Crippen LogP contribution is -2.33. The number of amides is 1. The predicted molar refractivity (Wildman–Crippen MR) is 67.7 cm³/mol. The van der Waals surface area contributed by atoms with Gasteiger partial charge in [0.05, 0.1) is 0 Å². The van der Waals surface area contributed by atoms with Crippen LogP contribution in [0.5, 0.6) is 5.75 Å². The smallest absolute Gasteiger partial charge is 0.258 e. The largest absolute Gasteiger partial charge is 0.480 e. The van der Waals surface area contributed by atoms with Gasteiger partial charge in [-0.3, -0.25) is 4.79 Å². The van der Waals surface area contributed by atoms with Crippen molar-refractivity contribution in [1.82, 2.24) is 0 Å². The first-order valence-corrected chi connectivity index (χ1v) is 5.77. The van der Waals surface area contributed by atoms with Crippen molar-refractivity contribution < 1.29 is 9.53 Å². The lowest BCUT2D eigenvalue weighted by Gasteiger charge is -2.17. The standard InChI is InChI=1S/C13H20N2O2/c1-4-11(13(15)16)17-12-6-5-10(9(3)14)7-8(12)2/h5-7,9,11H,4,14H2,1-3H3,(H2,15,16). The summed E-state index contributed by atoms with van der Waals surface area (Å²) >= 11 is 0. The molecule has 0 aliphatic rings. The minimum atomic E-state index is -0.574. The van der Waals surface area contributed by atoms with Crippen molar-refractivity contribution in [3.8, 4) is 5.75 Å². The van der Waals surface area contributed by atoms with Crippen LogP contribution in [0.3, 0.4) is 0 Å². The minimum absolute atomic E-state index is 0.0131. The fourth-order valence-corrected chi connectivity index (χ4v) is 1.58. The summed E-state index contributed by atoms with van der Waals surface area (Å²) in [6.45, 7) is 5.71. The maximum absolute atomic E-state index is 11.1. The lowest BCUT2D eigenvalue weighted by molar-refractivity contribution is -0.124. The highest BCUT2D eigenvalue weighted by Crippen LogP contribution is 2.23. The highest BCUT2D eigenvalue weighted by Gasteiger charge is 2.15. The predicted octanol–water partition coefficient (Wildman–Crippen LogP) is 1.66. The van der Waals surface area contributed by atoms with Crippen molar-refractivity contribution in [2.45, 2.75) is 39.3 Å². The molecule has 0 aliphatic heterocycles. The van der Waals surface area contributed by atoms with Gasteiger partial charge < -0.3 is 16.2 Å². The number of carbonyl (C=O) groups is 1. The zero-order valence-electron chi connectivity index (χ0n) is 10.6. The van der Waals surface area contributed by atoms with Crippen LogP contribution >= 0.6 is 0 Å². The molecule has 1 rings (SSSR count). The number of primary amides is 1. The summed E-state index contributed by atoms with van der Waals surface area (Å²) in [5.74, 6) is 0.239. The summed E-state index contributed by atoms with van der Waals surface area (Å²) in [4.78, 5) is 11.1. The topological polar surface area (TPSA) is 78.3 Å². The van der Waals surface area contributed by atoms with Crippen LogP contribution in [0.4, 0.5) is 0 Å². The van der Waals surface area contributed by atoms with E-state index in [4.69, 9.17) is 16.2 Å². The molecule has 4 N–H and O–H groups in total. The van der Waals surface area contributed by atoms with Gasteiger partial charge in [0.25, 0.3) is 5.91 Å². The van der Waals surface area contributed by atoms with E-state index in [1.165, 1.54) is 0 Å². The van der Waals surface area contributed by atoms with Crippen LogP contribution in [0.2, 0.25) is 0 Å². The summed E-state index contributed by atoms with van der Waals surface area (Å²) in [5, 5.41) is 0. The van der Waals surface area contributed by atoms with Crippen molar-refractivity contribution in [3.63, 3.8) is 0 Å². The van der Waals surface area contributed by atoms with Gasteiger partial charge in [-0.25, -0.2) is 0 Å². The Morgan fingerprint density at radius 1 is 1.47 bits per heavy atom. The Labute approximate surface area is 102 Å². The van der Waals surface area contributed by atoms with Gasteiger partial charge in [0.2, 0.25) is 0 Å². The SMILES string of the molecule is CCC(Oc1ccc(C(C)N)cc1C)C(N)=O. The second-order valence-electron chi connectivity index (χ2n) is 4.23. The fourth-order valence-electron chi connectivity index (χ4n) is 1.58. The van der Waals surface area contributed by atoms with Gasteiger partial charge in [-0.2, -0.15) is 0 Å². The Morgan fingerprint density at radius 3 is 2.53 bits per heavy atom. The van der Waals surface area contributed by atoms with Crippen molar-refractivity contribution >= 4 is 5.91 Å². The molecule has 0 aromatic heterocycles. The molecule has 94 valence electrons. The summed E-state index contributed by atoms with van der Waals surface area (Å²) in [7, 11) is 0.